The Morgan fingerprint density at radius 3 is 2.00 bits per heavy atom. The first kappa shape index (κ1) is 53.8. The summed E-state index contributed by atoms with van der Waals surface area (Å²) in [6, 6.07) is 1.00. The molecule has 7 unspecified atom stereocenters. The van der Waals surface area contributed by atoms with Gasteiger partial charge in [-0.1, -0.05) is 45.9 Å². The van der Waals surface area contributed by atoms with Crippen LogP contribution in [-0.4, -0.2) is 130 Å². The Morgan fingerprint density at radius 1 is 0.742 bits per heavy atom. The van der Waals surface area contributed by atoms with Crippen LogP contribution >= 0.6 is 11.8 Å². The zero-order chi connectivity index (χ0) is 49.1. The Morgan fingerprint density at radius 2 is 1.41 bits per heavy atom. The first-order chi connectivity index (χ1) is 31.2. The van der Waals surface area contributed by atoms with Crippen LogP contribution in [0.4, 0.5) is 0 Å². The molecular formula is C43H65N13O9S. The highest BCUT2D eigenvalue weighted by Gasteiger charge is 2.33. The van der Waals surface area contributed by atoms with Gasteiger partial charge in [0.05, 0.1) is 18.9 Å². The van der Waals surface area contributed by atoms with Crippen molar-refractivity contribution in [2.45, 2.75) is 109 Å². The molecule has 0 aliphatic carbocycles. The molecule has 3 rings (SSSR count). The molecule has 9 amide bonds. The van der Waals surface area contributed by atoms with E-state index in [-0.39, 0.29) is 31.6 Å². The maximum atomic E-state index is 13.8. The van der Waals surface area contributed by atoms with E-state index < -0.39 is 108 Å². The summed E-state index contributed by atoms with van der Waals surface area (Å²) < 4.78 is 0. The van der Waals surface area contributed by atoms with E-state index in [1.807, 2.05) is 26.2 Å². The number of amides is 9. The van der Waals surface area contributed by atoms with Gasteiger partial charge in [-0.25, -0.2) is 4.98 Å². The number of H-pyrrole nitrogens is 2. The number of carbonyl (C=O) groups is 9. The number of carbonyl (C=O) groups excluding carboxylic acids is 9. The van der Waals surface area contributed by atoms with Crippen molar-refractivity contribution in [3.05, 3.63) is 54.2 Å². The van der Waals surface area contributed by atoms with Crippen LogP contribution in [0.3, 0.4) is 0 Å². The highest BCUT2D eigenvalue weighted by molar-refractivity contribution is 7.98. The minimum absolute atomic E-state index is 0.0586. The predicted molar refractivity (Wildman–Crippen MR) is 248 cm³/mol. The molecule has 362 valence electrons. The zero-order valence-electron chi connectivity index (χ0n) is 38.4. The largest absolute Gasteiger partial charge is 0.370 e. The van der Waals surface area contributed by atoms with Crippen LogP contribution in [0.15, 0.2) is 42.9 Å². The maximum absolute atomic E-state index is 13.8. The molecule has 3 aromatic rings. The van der Waals surface area contributed by atoms with Crippen molar-refractivity contribution < 1.29 is 43.2 Å². The lowest BCUT2D eigenvalue weighted by atomic mass is 10.0. The fourth-order valence-corrected chi connectivity index (χ4v) is 7.24. The van der Waals surface area contributed by atoms with Crippen LogP contribution in [0, 0.1) is 11.8 Å². The average molecular weight is 940 g/mol. The smallest absolute Gasteiger partial charge is 0.249 e. The van der Waals surface area contributed by atoms with E-state index in [2.05, 4.69) is 57.5 Å². The summed E-state index contributed by atoms with van der Waals surface area (Å²) in [6.07, 6.45) is 5.11. The normalized spacial score (nSPS) is 14.4. The van der Waals surface area contributed by atoms with Crippen molar-refractivity contribution in [1.82, 2.24) is 57.5 Å². The summed E-state index contributed by atoms with van der Waals surface area (Å²) in [6.45, 7) is 7.81. The van der Waals surface area contributed by atoms with Gasteiger partial charge < -0.3 is 64.0 Å². The van der Waals surface area contributed by atoms with Gasteiger partial charge in [0, 0.05) is 35.9 Å². The lowest BCUT2D eigenvalue weighted by Gasteiger charge is -2.26. The quantitative estimate of drug-likeness (QED) is 0.0402. The Labute approximate surface area is 387 Å². The third kappa shape index (κ3) is 17.1. The van der Waals surface area contributed by atoms with Crippen LogP contribution in [0.2, 0.25) is 0 Å². The molecule has 0 radical (unpaired) electrons. The standard InChI is InChI=1S/C43H65N13O9S/c1-22(2)16-31(40(62)53-28(37(45)59)14-15-66-7)54-41(63)32(18-26-19-47-21-49-26)52-34(58)20-48-42(64)35(23(3)4)55-38(60)24(5)50-43(65)36(30-17-25-10-8-9-11-27(25)51-30)56-39(61)29(46-6)12-13-33(44)57/h8-11,17,19,21-24,28-29,31-32,35-36,46,51H,12-16,18,20H2,1-7H3,(H2,44,57)(H2,45,59)(H,47,49)(H,48,64)(H,50,65)(H,52,58)(H,53,62)(H,54,63)(H,55,60)(H,56,61). The van der Waals surface area contributed by atoms with Crippen molar-refractivity contribution >= 4 is 75.8 Å². The fourth-order valence-electron chi connectivity index (χ4n) is 6.76. The SMILES string of the molecule is CNC(CCC(N)=O)C(=O)NC(C(=O)NC(C)C(=O)NC(C(=O)NCC(=O)NC(Cc1cnc[nH]1)C(=O)NC(CC(C)C)C(=O)NC(CCSC)C(N)=O)C(C)C)c1cc2ccccc2[nH]1. The highest BCUT2D eigenvalue weighted by atomic mass is 32.2. The lowest BCUT2D eigenvalue weighted by Crippen LogP contribution is -2.58. The number of imidazole rings is 1. The zero-order valence-corrected chi connectivity index (χ0v) is 39.2. The van der Waals surface area contributed by atoms with E-state index in [9.17, 15) is 43.2 Å². The van der Waals surface area contributed by atoms with Crippen LogP contribution in [0.1, 0.15) is 77.7 Å². The third-order valence-corrected chi connectivity index (χ3v) is 11.1. The number of rotatable bonds is 28. The molecule has 0 bridgehead atoms. The number of primary amides is 2. The average Bonchev–Trinajstić information content (AvgIpc) is 3.94. The molecule has 14 N–H and O–H groups in total. The van der Waals surface area contributed by atoms with Gasteiger partial charge in [0.1, 0.15) is 36.3 Å². The van der Waals surface area contributed by atoms with Gasteiger partial charge >= 0.3 is 0 Å². The van der Waals surface area contributed by atoms with E-state index in [4.69, 9.17) is 11.5 Å². The number of nitrogens with one attached hydrogen (secondary N) is 10. The molecule has 7 atom stereocenters. The molecule has 22 nitrogen and oxygen atoms in total. The molecule has 0 saturated carbocycles. The van der Waals surface area contributed by atoms with Gasteiger partial charge in [-0.05, 0) is 74.6 Å². The Balaban J connectivity index is 1.70. The maximum Gasteiger partial charge on any atom is 0.249 e. The summed E-state index contributed by atoms with van der Waals surface area (Å²) in [4.78, 5) is 128. The van der Waals surface area contributed by atoms with Gasteiger partial charge in [-0.15, -0.1) is 0 Å². The Hall–Kier alpha value is -6.49. The molecule has 66 heavy (non-hydrogen) atoms. The molecule has 2 heterocycles. The number of thioether (sulfide) groups is 1. The van der Waals surface area contributed by atoms with Crippen LogP contribution in [0.25, 0.3) is 10.9 Å². The van der Waals surface area contributed by atoms with Crippen molar-refractivity contribution in [3.63, 3.8) is 0 Å². The van der Waals surface area contributed by atoms with Crippen LogP contribution in [0.5, 0.6) is 0 Å². The van der Waals surface area contributed by atoms with E-state index in [0.717, 1.165) is 5.39 Å². The monoisotopic (exact) mass is 939 g/mol. The second kappa shape index (κ2) is 26.5. The summed E-state index contributed by atoms with van der Waals surface area (Å²) in [5.41, 5.74) is 12.3. The molecule has 0 saturated heterocycles. The second-order valence-electron chi connectivity index (χ2n) is 16.6. The second-order valence-corrected chi connectivity index (χ2v) is 17.6. The number of nitrogens with zero attached hydrogens (tertiary/aromatic N) is 1. The van der Waals surface area contributed by atoms with E-state index in [0.29, 0.717) is 29.1 Å². The number of aromatic amines is 2. The molecule has 0 spiro atoms. The summed E-state index contributed by atoms with van der Waals surface area (Å²) in [5.74, 6) is -6.27. The minimum atomic E-state index is -1.31. The lowest BCUT2D eigenvalue weighted by molar-refractivity contribution is -0.135. The van der Waals surface area contributed by atoms with Gasteiger partial charge in [-0.2, -0.15) is 11.8 Å². The van der Waals surface area contributed by atoms with Gasteiger partial charge in [0.2, 0.25) is 53.2 Å². The van der Waals surface area contributed by atoms with Gasteiger partial charge in [0.25, 0.3) is 0 Å². The predicted octanol–water partition coefficient (Wildman–Crippen LogP) is -1.35. The number of para-hydroxylation sites is 1. The summed E-state index contributed by atoms with van der Waals surface area (Å²) in [5, 5.41) is 21.9. The number of hydrogen-bond acceptors (Lipinski definition) is 12. The number of nitrogens with two attached hydrogens (primary N) is 2. The molecule has 0 aliphatic heterocycles. The third-order valence-electron chi connectivity index (χ3n) is 10.4. The molecule has 1 aromatic carbocycles. The van der Waals surface area contributed by atoms with E-state index in [1.54, 1.807) is 38.1 Å². The number of benzene rings is 1. The number of hydrogen-bond donors (Lipinski definition) is 12. The highest BCUT2D eigenvalue weighted by Crippen LogP contribution is 2.21. The van der Waals surface area contributed by atoms with Crippen molar-refractivity contribution in [2.24, 2.45) is 23.3 Å². The number of fused-ring (bicyclic) bond motifs is 1. The van der Waals surface area contributed by atoms with Crippen molar-refractivity contribution in [1.29, 1.82) is 0 Å². The first-order valence-corrected chi connectivity index (χ1v) is 23.0. The van der Waals surface area contributed by atoms with E-state index >= 15 is 0 Å². The van der Waals surface area contributed by atoms with Crippen molar-refractivity contribution in [3.8, 4) is 0 Å². The summed E-state index contributed by atoms with van der Waals surface area (Å²) >= 11 is 1.48. The first-order valence-electron chi connectivity index (χ1n) is 21.6. The van der Waals surface area contributed by atoms with Crippen LogP contribution in [-0.2, 0) is 49.6 Å². The van der Waals surface area contributed by atoms with Gasteiger partial charge in [-0.3, -0.25) is 43.2 Å². The number of likely N-dealkylation sites (N-methyl/N-ethyl adjacent to an activating group) is 1. The van der Waals surface area contributed by atoms with E-state index in [1.165, 1.54) is 38.3 Å². The molecular weight excluding hydrogens is 875 g/mol. The topological polar surface area (TPSA) is 346 Å². The van der Waals surface area contributed by atoms with Crippen molar-refractivity contribution in [2.75, 3.05) is 25.6 Å². The van der Waals surface area contributed by atoms with Gasteiger partial charge in [0.15, 0.2) is 0 Å². The molecule has 0 fully saturated rings. The summed E-state index contributed by atoms with van der Waals surface area (Å²) in [7, 11) is 1.52. The minimum Gasteiger partial charge on any atom is -0.370 e. The molecule has 23 heteroatoms. The molecule has 0 aliphatic rings. The molecule has 2 aromatic heterocycles. The Kier molecular flexibility index (Phi) is 21.6. The Bertz CT molecular complexity index is 2110. The fraction of sp³-hybridized carbons (Fsp3) is 0.535. The number of aromatic nitrogens is 3. The van der Waals surface area contributed by atoms with Crippen LogP contribution < -0.4 is 54.0 Å².